The van der Waals surface area contributed by atoms with Crippen LogP contribution in [0.4, 0.5) is 9.18 Å². The van der Waals surface area contributed by atoms with Gasteiger partial charge in [0.05, 0.1) is 6.04 Å². The number of halogens is 1. The SMILES string of the molecule is CC(NC(=O)CN1C(=O)NC(C)(c2ccccc2F)C1=O)c1cccc2ccccc12. The highest BCUT2D eigenvalue weighted by Crippen LogP contribution is 2.30. The average Bonchev–Trinajstić information content (AvgIpc) is 2.97. The maximum Gasteiger partial charge on any atom is 0.325 e. The number of hydrogen-bond donors (Lipinski definition) is 2. The number of imide groups is 1. The van der Waals surface area contributed by atoms with Crippen LogP contribution in [0.5, 0.6) is 0 Å². The smallest absolute Gasteiger partial charge is 0.325 e. The number of amides is 4. The molecule has 0 aromatic heterocycles. The van der Waals surface area contributed by atoms with Crippen LogP contribution in [0.1, 0.15) is 31.0 Å². The predicted molar refractivity (Wildman–Crippen MR) is 115 cm³/mol. The van der Waals surface area contributed by atoms with Crippen LogP contribution in [0, 0.1) is 5.82 Å². The van der Waals surface area contributed by atoms with Gasteiger partial charge < -0.3 is 10.6 Å². The molecule has 3 aromatic rings. The molecular formula is C24H22FN3O3. The van der Waals surface area contributed by atoms with Gasteiger partial charge in [0.25, 0.3) is 5.91 Å². The van der Waals surface area contributed by atoms with E-state index in [1.54, 1.807) is 6.07 Å². The summed E-state index contributed by atoms with van der Waals surface area (Å²) in [5.74, 6) is -1.76. The van der Waals surface area contributed by atoms with Crippen LogP contribution in [0.25, 0.3) is 10.8 Å². The highest BCUT2D eigenvalue weighted by atomic mass is 19.1. The zero-order valence-electron chi connectivity index (χ0n) is 17.2. The Bertz CT molecular complexity index is 1190. The quantitative estimate of drug-likeness (QED) is 0.620. The van der Waals surface area contributed by atoms with Crippen LogP contribution in [0.15, 0.2) is 66.7 Å². The molecule has 1 heterocycles. The third-order valence-corrected chi connectivity index (χ3v) is 5.66. The number of urea groups is 1. The molecule has 0 bridgehead atoms. The molecule has 0 saturated carbocycles. The minimum absolute atomic E-state index is 0.0559. The average molecular weight is 419 g/mol. The Morgan fingerprint density at radius 3 is 2.52 bits per heavy atom. The first kappa shape index (κ1) is 20.5. The lowest BCUT2D eigenvalue weighted by Gasteiger charge is -2.23. The summed E-state index contributed by atoms with van der Waals surface area (Å²) in [6.07, 6.45) is 0. The largest absolute Gasteiger partial charge is 0.348 e. The first-order valence-electron chi connectivity index (χ1n) is 9.97. The second-order valence-electron chi connectivity index (χ2n) is 7.78. The van der Waals surface area contributed by atoms with Crippen molar-refractivity contribution in [2.24, 2.45) is 0 Å². The van der Waals surface area contributed by atoms with Gasteiger partial charge in [-0.1, -0.05) is 60.7 Å². The van der Waals surface area contributed by atoms with E-state index < -0.39 is 35.7 Å². The van der Waals surface area contributed by atoms with Crippen LogP contribution in [0.3, 0.4) is 0 Å². The first-order valence-corrected chi connectivity index (χ1v) is 9.97. The Morgan fingerprint density at radius 2 is 1.74 bits per heavy atom. The van der Waals surface area contributed by atoms with Gasteiger partial charge in [-0.3, -0.25) is 14.5 Å². The summed E-state index contributed by atoms with van der Waals surface area (Å²) in [4.78, 5) is 38.9. The molecule has 0 aliphatic carbocycles. The molecule has 1 aliphatic heterocycles. The van der Waals surface area contributed by atoms with Gasteiger partial charge in [-0.15, -0.1) is 0 Å². The monoisotopic (exact) mass is 419 g/mol. The summed E-state index contributed by atoms with van der Waals surface area (Å²) in [7, 11) is 0. The van der Waals surface area contributed by atoms with Crippen LogP contribution < -0.4 is 10.6 Å². The summed E-state index contributed by atoms with van der Waals surface area (Å²) in [5.41, 5.74) is -0.579. The number of nitrogens with one attached hydrogen (secondary N) is 2. The van der Waals surface area contributed by atoms with Gasteiger partial charge in [0.2, 0.25) is 5.91 Å². The van der Waals surface area contributed by atoms with Crippen molar-refractivity contribution in [3.05, 3.63) is 83.7 Å². The van der Waals surface area contributed by atoms with E-state index in [0.717, 1.165) is 21.2 Å². The summed E-state index contributed by atoms with van der Waals surface area (Å²) in [6.45, 7) is 2.82. The molecule has 7 heteroatoms. The van der Waals surface area contributed by atoms with Crippen molar-refractivity contribution in [1.29, 1.82) is 0 Å². The standard InChI is InChI=1S/C24H22FN3O3/c1-15(17-11-7-9-16-8-3-4-10-18(16)17)26-21(29)14-28-22(30)24(2,27-23(28)31)19-12-5-6-13-20(19)25/h3-13,15H,14H2,1-2H3,(H,26,29)(H,27,31). The third kappa shape index (κ3) is 3.63. The zero-order valence-corrected chi connectivity index (χ0v) is 17.2. The van der Waals surface area contributed by atoms with Crippen LogP contribution in [-0.4, -0.2) is 29.3 Å². The van der Waals surface area contributed by atoms with Gasteiger partial charge in [0.15, 0.2) is 0 Å². The van der Waals surface area contributed by atoms with E-state index in [1.807, 2.05) is 49.4 Å². The minimum atomic E-state index is -1.57. The Labute approximate surface area is 179 Å². The van der Waals surface area contributed by atoms with Crippen LogP contribution in [0.2, 0.25) is 0 Å². The molecule has 0 radical (unpaired) electrons. The maximum absolute atomic E-state index is 14.3. The molecule has 2 N–H and O–H groups in total. The van der Waals surface area contributed by atoms with Crippen molar-refractivity contribution in [2.45, 2.75) is 25.4 Å². The molecule has 3 aromatic carbocycles. The molecular weight excluding hydrogens is 397 g/mol. The minimum Gasteiger partial charge on any atom is -0.348 e. The Kier molecular flexibility index (Phi) is 5.19. The molecule has 4 rings (SSSR count). The fraction of sp³-hybridized carbons (Fsp3) is 0.208. The summed E-state index contributed by atoms with van der Waals surface area (Å²) < 4.78 is 14.3. The van der Waals surface area contributed by atoms with E-state index in [9.17, 15) is 18.8 Å². The fourth-order valence-electron chi connectivity index (χ4n) is 4.03. The lowest BCUT2D eigenvalue weighted by molar-refractivity contribution is -0.135. The van der Waals surface area contributed by atoms with Crippen LogP contribution in [-0.2, 0) is 15.1 Å². The first-order chi connectivity index (χ1) is 14.8. The fourth-order valence-corrected chi connectivity index (χ4v) is 4.03. The van der Waals surface area contributed by atoms with E-state index in [4.69, 9.17) is 0 Å². The van der Waals surface area contributed by atoms with Crippen molar-refractivity contribution in [3.8, 4) is 0 Å². The Hall–Kier alpha value is -3.74. The van der Waals surface area contributed by atoms with Crippen LogP contribution >= 0.6 is 0 Å². The molecule has 1 saturated heterocycles. The van der Waals surface area contributed by atoms with E-state index >= 15 is 0 Å². The van der Waals surface area contributed by atoms with Crippen molar-refractivity contribution < 1.29 is 18.8 Å². The number of fused-ring (bicyclic) bond motifs is 1. The Balaban J connectivity index is 1.50. The van der Waals surface area contributed by atoms with Crippen molar-refractivity contribution in [3.63, 3.8) is 0 Å². The highest BCUT2D eigenvalue weighted by molar-refractivity contribution is 6.09. The third-order valence-electron chi connectivity index (χ3n) is 5.66. The second-order valence-corrected chi connectivity index (χ2v) is 7.78. The molecule has 1 aliphatic rings. The van der Waals surface area contributed by atoms with Crippen molar-refractivity contribution in [2.75, 3.05) is 6.54 Å². The molecule has 6 nitrogen and oxygen atoms in total. The van der Waals surface area contributed by atoms with Crippen molar-refractivity contribution >= 4 is 28.6 Å². The predicted octanol–water partition coefficient (Wildman–Crippen LogP) is 3.62. The zero-order chi connectivity index (χ0) is 22.2. The molecule has 4 amide bonds. The van der Waals surface area contributed by atoms with E-state index in [1.165, 1.54) is 25.1 Å². The van der Waals surface area contributed by atoms with Gasteiger partial charge in [-0.25, -0.2) is 9.18 Å². The van der Waals surface area contributed by atoms with Gasteiger partial charge in [-0.05, 0) is 36.2 Å². The molecule has 158 valence electrons. The molecule has 1 fully saturated rings. The van der Waals surface area contributed by atoms with Gasteiger partial charge in [0, 0.05) is 5.56 Å². The Morgan fingerprint density at radius 1 is 1.06 bits per heavy atom. The molecule has 31 heavy (non-hydrogen) atoms. The maximum atomic E-state index is 14.3. The highest BCUT2D eigenvalue weighted by Gasteiger charge is 2.50. The number of carbonyl (C=O) groups is 3. The van der Waals surface area contributed by atoms with Crippen molar-refractivity contribution in [1.82, 2.24) is 15.5 Å². The number of benzene rings is 3. The van der Waals surface area contributed by atoms with Gasteiger partial charge in [0.1, 0.15) is 17.9 Å². The van der Waals surface area contributed by atoms with E-state index in [0.29, 0.717) is 0 Å². The number of rotatable bonds is 5. The molecule has 2 unspecified atom stereocenters. The van der Waals surface area contributed by atoms with E-state index in [-0.39, 0.29) is 11.6 Å². The van der Waals surface area contributed by atoms with Gasteiger partial charge >= 0.3 is 6.03 Å². The summed E-state index contributed by atoms with van der Waals surface area (Å²) >= 11 is 0. The van der Waals surface area contributed by atoms with E-state index in [2.05, 4.69) is 10.6 Å². The summed E-state index contributed by atoms with van der Waals surface area (Å²) in [6, 6.07) is 18.4. The number of carbonyl (C=O) groups excluding carboxylic acids is 3. The topological polar surface area (TPSA) is 78.5 Å². The van der Waals surface area contributed by atoms with Gasteiger partial charge in [-0.2, -0.15) is 0 Å². The molecule has 2 atom stereocenters. The number of nitrogens with zero attached hydrogens (tertiary/aromatic N) is 1. The lowest BCUT2D eigenvalue weighted by atomic mass is 9.91. The number of hydrogen-bond acceptors (Lipinski definition) is 3. The lowest BCUT2D eigenvalue weighted by Crippen LogP contribution is -2.44. The normalized spacial score (nSPS) is 19.4. The second kappa shape index (κ2) is 7.83. The molecule has 0 spiro atoms. The summed E-state index contributed by atoms with van der Waals surface area (Å²) in [5, 5.41) is 7.43.